The summed E-state index contributed by atoms with van der Waals surface area (Å²) in [5.74, 6) is -2.69. The number of aliphatic hydroxyl groups excluding tert-OH is 1. The molecule has 0 bridgehead atoms. The SMILES string of the molecule is CC[C@]12C=CCN(Cc3ccccc3)C(=O)[C@H]1[C@H]1C(=O)N([C@H](C)CO)C3C(=O)N(c4ccccc4Cl)CC=C[C@@]31O2. The Bertz CT molecular complexity index is 1430. The Morgan fingerprint density at radius 1 is 0.951 bits per heavy atom. The van der Waals surface area contributed by atoms with E-state index in [9.17, 15) is 19.5 Å². The van der Waals surface area contributed by atoms with Crippen LogP contribution in [-0.2, 0) is 25.7 Å². The average Bonchev–Trinajstić information content (AvgIpc) is 3.29. The van der Waals surface area contributed by atoms with Crippen LogP contribution in [0, 0.1) is 11.8 Å². The standard InChI is InChI=1S/C32H34ClN3O5/c1-3-31-15-9-17-34(19-22-11-5-4-6-12-22)28(38)25(31)26-29(39)36(21(2)20-37)27-30(40)35(18-10-16-32(26,27)41-31)24-14-8-7-13-23(24)33/h4-16,21,25-27,37H,3,17-20H2,1-2H3/t21-,25-,26+,27?,31+,32+/m1/s1. The lowest BCUT2D eigenvalue weighted by atomic mass is 9.73. The number of amides is 3. The van der Waals surface area contributed by atoms with Crippen molar-refractivity contribution in [1.29, 1.82) is 0 Å². The van der Waals surface area contributed by atoms with E-state index < -0.39 is 35.1 Å². The van der Waals surface area contributed by atoms with Gasteiger partial charge in [-0.15, -0.1) is 0 Å². The van der Waals surface area contributed by atoms with Crippen LogP contribution in [0.3, 0.4) is 0 Å². The second-order valence-corrected chi connectivity index (χ2v) is 11.7. The van der Waals surface area contributed by atoms with Gasteiger partial charge in [0.1, 0.15) is 11.6 Å². The van der Waals surface area contributed by atoms with Gasteiger partial charge in [-0.05, 0) is 31.0 Å². The van der Waals surface area contributed by atoms with Crippen LogP contribution in [0.1, 0.15) is 25.8 Å². The van der Waals surface area contributed by atoms with E-state index in [-0.39, 0.29) is 30.9 Å². The summed E-state index contributed by atoms with van der Waals surface area (Å²) in [5, 5.41) is 10.6. The lowest BCUT2D eigenvalue weighted by Gasteiger charge is -2.40. The van der Waals surface area contributed by atoms with E-state index in [2.05, 4.69) is 0 Å². The lowest BCUT2D eigenvalue weighted by molar-refractivity contribution is -0.152. The molecule has 4 aliphatic rings. The van der Waals surface area contributed by atoms with Gasteiger partial charge < -0.3 is 24.5 Å². The Labute approximate surface area is 244 Å². The third-order valence-corrected chi connectivity index (χ3v) is 9.38. The first kappa shape index (κ1) is 27.7. The van der Waals surface area contributed by atoms with E-state index in [1.165, 1.54) is 4.90 Å². The van der Waals surface area contributed by atoms with E-state index in [0.29, 0.717) is 30.2 Å². The molecule has 6 rings (SSSR count). The Kier molecular flexibility index (Phi) is 7.04. The molecule has 1 N–H and O–H groups in total. The molecule has 9 heteroatoms. The van der Waals surface area contributed by atoms with Gasteiger partial charge in [-0.3, -0.25) is 14.4 Å². The number of fused-ring (bicyclic) bond motifs is 2. The average molecular weight is 576 g/mol. The maximum Gasteiger partial charge on any atom is 0.253 e. The summed E-state index contributed by atoms with van der Waals surface area (Å²) >= 11 is 6.52. The van der Waals surface area contributed by atoms with E-state index >= 15 is 0 Å². The second-order valence-electron chi connectivity index (χ2n) is 11.3. The zero-order valence-electron chi connectivity index (χ0n) is 23.2. The van der Waals surface area contributed by atoms with Crippen LogP contribution >= 0.6 is 11.6 Å². The molecule has 0 radical (unpaired) electrons. The monoisotopic (exact) mass is 575 g/mol. The van der Waals surface area contributed by atoms with Crippen LogP contribution in [-0.4, -0.2) is 75.6 Å². The fraction of sp³-hybridized carbons (Fsp3) is 0.406. The lowest BCUT2D eigenvalue weighted by Crippen LogP contribution is -2.58. The Morgan fingerprint density at radius 2 is 1.66 bits per heavy atom. The fourth-order valence-electron chi connectivity index (χ4n) is 7.15. The topological polar surface area (TPSA) is 90.4 Å². The van der Waals surface area contributed by atoms with Gasteiger partial charge in [0.25, 0.3) is 5.91 Å². The molecule has 1 spiro atoms. The van der Waals surface area contributed by atoms with Gasteiger partial charge in [-0.25, -0.2) is 0 Å². The van der Waals surface area contributed by atoms with Crippen molar-refractivity contribution < 1.29 is 24.2 Å². The molecule has 4 aliphatic heterocycles. The van der Waals surface area contributed by atoms with Gasteiger partial charge in [-0.2, -0.15) is 0 Å². The number of likely N-dealkylation sites (tertiary alicyclic amines) is 1. The number of aliphatic hydroxyl groups is 1. The molecule has 0 aromatic heterocycles. The number of ether oxygens (including phenoxy) is 1. The maximum atomic E-state index is 14.5. The highest BCUT2D eigenvalue weighted by Gasteiger charge is 2.75. The Hall–Kier alpha value is -3.46. The highest BCUT2D eigenvalue weighted by molar-refractivity contribution is 6.34. The minimum Gasteiger partial charge on any atom is -0.394 e. The molecule has 2 aromatic rings. The molecule has 2 fully saturated rings. The van der Waals surface area contributed by atoms with Crippen LogP contribution in [0.4, 0.5) is 5.69 Å². The number of nitrogens with zero attached hydrogens (tertiary/aromatic N) is 3. The summed E-state index contributed by atoms with van der Waals surface area (Å²) in [5.41, 5.74) is -0.960. The minimum absolute atomic E-state index is 0.179. The van der Waals surface area contributed by atoms with E-state index in [0.717, 1.165) is 5.56 Å². The Morgan fingerprint density at radius 3 is 2.37 bits per heavy atom. The summed E-state index contributed by atoms with van der Waals surface area (Å²) in [4.78, 5) is 48.2. The third-order valence-electron chi connectivity index (χ3n) is 9.06. The van der Waals surface area contributed by atoms with Crippen molar-refractivity contribution in [3.05, 3.63) is 89.5 Å². The number of halogens is 1. The molecule has 41 heavy (non-hydrogen) atoms. The summed E-state index contributed by atoms with van der Waals surface area (Å²) in [7, 11) is 0. The van der Waals surface area contributed by atoms with Gasteiger partial charge in [0.05, 0.1) is 40.8 Å². The summed E-state index contributed by atoms with van der Waals surface area (Å²) in [6, 6.07) is 15.1. The van der Waals surface area contributed by atoms with E-state index in [1.807, 2.05) is 61.6 Å². The molecule has 8 nitrogen and oxygen atoms in total. The first-order chi connectivity index (χ1) is 19.8. The predicted octanol–water partition coefficient (Wildman–Crippen LogP) is 3.58. The van der Waals surface area contributed by atoms with Crippen molar-refractivity contribution in [2.75, 3.05) is 24.6 Å². The summed E-state index contributed by atoms with van der Waals surface area (Å²) < 4.78 is 6.98. The summed E-state index contributed by atoms with van der Waals surface area (Å²) in [6.07, 6.45) is 7.96. The van der Waals surface area contributed by atoms with Crippen LogP contribution in [0.2, 0.25) is 5.02 Å². The molecular formula is C32H34ClN3O5. The van der Waals surface area contributed by atoms with E-state index in [1.54, 1.807) is 41.0 Å². The first-order valence-electron chi connectivity index (χ1n) is 14.1. The minimum atomic E-state index is -1.40. The Balaban J connectivity index is 1.48. The van der Waals surface area contributed by atoms with Gasteiger partial charge in [0.15, 0.2) is 0 Å². The number of anilines is 1. The molecule has 2 saturated heterocycles. The molecular weight excluding hydrogens is 542 g/mol. The molecule has 4 heterocycles. The molecule has 6 atom stereocenters. The number of rotatable bonds is 6. The molecule has 214 valence electrons. The molecule has 3 amide bonds. The van der Waals surface area contributed by atoms with Crippen LogP contribution < -0.4 is 4.90 Å². The number of hydrogen-bond acceptors (Lipinski definition) is 5. The van der Waals surface area contributed by atoms with Crippen molar-refractivity contribution in [2.24, 2.45) is 11.8 Å². The van der Waals surface area contributed by atoms with Gasteiger partial charge in [0, 0.05) is 19.6 Å². The third kappa shape index (κ3) is 4.15. The molecule has 0 aliphatic carbocycles. The van der Waals surface area contributed by atoms with Crippen LogP contribution in [0.25, 0.3) is 0 Å². The normalized spacial score (nSPS) is 31.6. The highest BCUT2D eigenvalue weighted by atomic mass is 35.5. The van der Waals surface area contributed by atoms with Crippen molar-refractivity contribution in [3.63, 3.8) is 0 Å². The zero-order chi connectivity index (χ0) is 28.9. The van der Waals surface area contributed by atoms with Crippen molar-refractivity contribution in [1.82, 2.24) is 9.80 Å². The van der Waals surface area contributed by atoms with Crippen LogP contribution in [0.5, 0.6) is 0 Å². The smallest absolute Gasteiger partial charge is 0.253 e. The first-order valence-corrected chi connectivity index (χ1v) is 14.5. The van der Waals surface area contributed by atoms with Crippen LogP contribution in [0.15, 0.2) is 78.9 Å². The predicted molar refractivity (Wildman–Crippen MR) is 155 cm³/mol. The fourth-order valence-corrected chi connectivity index (χ4v) is 7.38. The molecule has 0 saturated carbocycles. The van der Waals surface area contributed by atoms with Crippen molar-refractivity contribution in [2.45, 2.75) is 50.1 Å². The number of benzene rings is 2. The second kappa shape index (κ2) is 10.4. The highest BCUT2D eigenvalue weighted by Crippen LogP contribution is 2.59. The quantitative estimate of drug-likeness (QED) is 0.532. The number of hydrogen-bond donors (Lipinski definition) is 1. The van der Waals surface area contributed by atoms with E-state index in [4.69, 9.17) is 16.3 Å². The zero-order valence-corrected chi connectivity index (χ0v) is 23.9. The van der Waals surface area contributed by atoms with Gasteiger partial charge in [0.2, 0.25) is 11.8 Å². The molecule has 2 aromatic carbocycles. The number of carbonyl (C=O) groups is 3. The van der Waals surface area contributed by atoms with Crippen molar-refractivity contribution >= 4 is 35.0 Å². The largest absolute Gasteiger partial charge is 0.394 e. The number of para-hydroxylation sites is 1. The summed E-state index contributed by atoms with van der Waals surface area (Å²) in [6.45, 7) is 4.31. The van der Waals surface area contributed by atoms with Gasteiger partial charge in [-0.1, -0.05) is 85.3 Å². The maximum absolute atomic E-state index is 14.5. The van der Waals surface area contributed by atoms with Crippen molar-refractivity contribution in [3.8, 4) is 0 Å². The molecule has 1 unspecified atom stereocenters. The number of carbonyl (C=O) groups excluding carboxylic acids is 3. The van der Waals surface area contributed by atoms with Gasteiger partial charge >= 0.3 is 0 Å².